The highest BCUT2D eigenvalue weighted by Crippen LogP contribution is 2.24. The number of rotatable bonds is 34. The van der Waals surface area contributed by atoms with Crippen molar-refractivity contribution in [2.75, 3.05) is 43.9 Å². The van der Waals surface area contributed by atoms with E-state index in [-0.39, 0.29) is 72.0 Å². The first-order valence-electron chi connectivity index (χ1n) is 25.3. The van der Waals surface area contributed by atoms with Crippen LogP contribution in [0.1, 0.15) is 128 Å². The minimum absolute atomic E-state index is 0.0111. The molecule has 0 saturated carbocycles. The maximum atomic E-state index is 13.6. The van der Waals surface area contributed by atoms with Crippen molar-refractivity contribution >= 4 is 62.7 Å². The summed E-state index contributed by atoms with van der Waals surface area (Å²) in [7, 11) is -2.47. The smallest absolute Gasteiger partial charge is 0.323 e. The van der Waals surface area contributed by atoms with Crippen LogP contribution in [0.3, 0.4) is 0 Å². The lowest BCUT2D eigenvalue weighted by atomic mass is 10.0. The standard InChI is InChI=1S/C55H73N7O11S/c1-37-32-38(2)53(39(3)33-37)74(71,72)62-47(55(69)70)36-59-54(68)46-28-23-42(21-26-43-14-12-15-49(56-5)60-43)35-48(46)73-31-11-7-10-30-57-50(65)16-8-6-9-29-58-51(66)17-13-18-52(67)61-44-24-19-41(20-25-44)22-27-45(64)34-40(4)63/h12,14-15,19-20,23-25,28,32-33,35,47,62H,6-11,13,16-18,21-22,26-27,29-31,34,36H2,1-5H3,(H,56,60)(H,57,65)(H,58,66)(H,59,68)(H,61,67)(H,69,70)/t47-/m0/s1. The number of sulfonamides is 1. The summed E-state index contributed by atoms with van der Waals surface area (Å²) in [6.45, 7) is 7.20. The fourth-order valence-electron chi connectivity index (χ4n) is 8.21. The number of anilines is 2. The van der Waals surface area contributed by atoms with Crippen LogP contribution in [0.25, 0.3) is 0 Å². The molecule has 4 amide bonds. The molecule has 0 spiro atoms. The van der Waals surface area contributed by atoms with Gasteiger partial charge in [0.25, 0.3) is 5.91 Å². The molecule has 1 heterocycles. The number of carbonyl (C=O) groups is 7. The third kappa shape index (κ3) is 21.6. The van der Waals surface area contributed by atoms with Gasteiger partial charge in [0.05, 0.1) is 23.5 Å². The van der Waals surface area contributed by atoms with Crippen molar-refractivity contribution < 1.29 is 51.8 Å². The zero-order valence-electron chi connectivity index (χ0n) is 43.3. The summed E-state index contributed by atoms with van der Waals surface area (Å²) < 4.78 is 35.2. The number of aryl methyl sites for hydroxylation is 6. The molecule has 400 valence electrons. The van der Waals surface area contributed by atoms with E-state index in [1.54, 1.807) is 63.4 Å². The van der Waals surface area contributed by atoms with Crippen LogP contribution >= 0.6 is 0 Å². The number of amides is 4. The van der Waals surface area contributed by atoms with Gasteiger partial charge in [-0.3, -0.25) is 33.6 Å². The number of nitrogens with one attached hydrogen (secondary N) is 6. The van der Waals surface area contributed by atoms with Gasteiger partial charge in [-0.25, -0.2) is 13.4 Å². The van der Waals surface area contributed by atoms with Crippen molar-refractivity contribution in [3.8, 4) is 5.75 Å². The van der Waals surface area contributed by atoms with Crippen molar-refractivity contribution in [3.05, 3.63) is 112 Å². The zero-order valence-corrected chi connectivity index (χ0v) is 44.1. The molecule has 4 aromatic rings. The van der Waals surface area contributed by atoms with E-state index in [0.29, 0.717) is 93.4 Å². The first-order chi connectivity index (χ1) is 35.3. The van der Waals surface area contributed by atoms with Crippen LogP contribution in [0.15, 0.2) is 77.7 Å². The highest BCUT2D eigenvalue weighted by atomic mass is 32.2. The fourth-order valence-corrected chi connectivity index (χ4v) is 9.85. The van der Waals surface area contributed by atoms with E-state index in [1.807, 2.05) is 37.3 Å². The Kier molecular flexibility index (Phi) is 24.9. The molecule has 0 bridgehead atoms. The van der Waals surface area contributed by atoms with Crippen LogP contribution in [0.2, 0.25) is 0 Å². The van der Waals surface area contributed by atoms with E-state index in [2.05, 4.69) is 36.3 Å². The number of carboxylic acid groups (broad SMARTS) is 1. The molecule has 0 radical (unpaired) electrons. The van der Waals surface area contributed by atoms with Crippen LogP contribution < -0.4 is 36.0 Å². The summed E-state index contributed by atoms with van der Waals surface area (Å²) in [4.78, 5) is 90.5. The average molecular weight is 1040 g/mol. The predicted molar refractivity (Wildman–Crippen MR) is 284 cm³/mol. The largest absolute Gasteiger partial charge is 0.493 e. The lowest BCUT2D eigenvalue weighted by Gasteiger charge is -2.19. The number of hydrogen-bond acceptors (Lipinski definition) is 12. The highest BCUT2D eigenvalue weighted by molar-refractivity contribution is 7.89. The van der Waals surface area contributed by atoms with E-state index in [4.69, 9.17) is 4.74 Å². The lowest BCUT2D eigenvalue weighted by Crippen LogP contribution is -2.48. The molecule has 1 atom stereocenters. The molecule has 1 aromatic heterocycles. The number of pyridine rings is 1. The van der Waals surface area contributed by atoms with E-state index < -0.39 is 34.5 Å². The van der Waals surface area contributed by atoms with Gasteiger partial charge in [-0.05, 0) is 144 Å². The second kappa shape index (κ2) is 30.9. The molecule has 19 heteroatoms. The second-order valence-corrected chi connectivity index (χ2v) is 20.1. The number of carbonyl (C=O) groups excluding carboxylic acids is 6. The Morgan fingerprint density at radius 3 is 1.96 bits per heavy atom. The quantitative estimate of drug-likeness (QED) is 0.0192. The number of nitrogens with zero attached hydrogens (tertiary/aromatic N) is 1. The molecule has 3 aromatic carbocycles. The van der Waals surface area contributed by atoms with Gasteiger partial charge in [0, 0.05) is 63.7 Å². The minimum Gasteiger partial charge on any atom is -0.493 e. The Bertz CT molecular complexity index is 2650. The Morgan fingerprint density at radius 2 is 1.31 bits per heavy atom. The van der Waals surface area contributed by atoms with E-state index in [1.165, 1.54) is 6.92 Å². The fraction of sp³-hybridized carbons (Fsp3) is 0.455. The number of ketones is 2. The minimum atomic E-state index is -4.26. The summed E-state index contributed by atoms with van der Waals surface area (Å²) in [5, 5.41) is 24.2. The molecular weight excluding hydrogens is 967 g/mol. The van der Waals surface area contributed by atoms with Gasteiger partial charge in [-0.2, -0.15) is 4.72 Å². The SMILES string of the molecule is CNc1cccc(CCc2ccc(C(=O)NC[C@H](NS(=O)(=O)c3c(C)cc(C)cc3C)C(=O)O)c(OCCCCCNC(=O)CCCCCNC(=O)CCCC(=O)Nc3ccc(CCC(=O)CC(C)=O)cc3)c2)n1. The summed E-state index contributed by atoms with van der Waals surface area (Å²) in [5.74, 6) is -1.71. The van der Waals surface area contributed by atoms with Crippen LogP contribution in [0, 0.1) is 20.8 Å². The predicted octanol–water partition coefficient (Wildman–Crippen LogP) is 6.63. The monoisotopic (exact) mass is 1040 g/mol. The topological polar surface area (TPSA) is 268 Å². The van der Waals surface area contributed by atoms with Gasteiger partial charge in [0.2, 0.25) is 27.7 Å². The molecule has 18 nitrogen and oxygen atoms in total. The number of unbranched alkanes of at least 4 members (excludes halogenated alkanes) is 4. The van der Waals surface area contributed by atoms with Gasteiger partial charge in [-0.1, -0.05) is 48.4 Å². The van der Waals surface area contributed by atoms with Crippen molar-refractivity contribution in [2.45, 2.75) is 135 Å². The Morgan fingerprint density at radius 1 is 0.676 bits per heavy atom. The summed E-state index contributed by atoms with van der Waals surface area (Å²) in [6, 6.07) is 19.8. The Balaban J connectivity index is 1.13. The van der Waals surface area contributed by atoms with E-state index >= 15 is 0 Å². The second-order valence-electron chi connectivity index (χ2n) is 18.5. The average Bonchev–Trinajstić information content (AvgIpc) is 3.34. The van der Waals surface area contributed by atoms with Crippen LogP contribution in [0.4, 0.5) is 11.5 Å². The molecule has 7 N–H and O–H groups in total. The Hall–Kier alpha value is -6.99. The molecule has 0 saturated heterocycles. The third-order valence-corrected chi connectivity index (χ3v) is 13.7. The first-order valence-corrected chi connectivity index (χ1v) is 26.8. The van der Waals surface area contributed by atoms with Crippen LogP contribution in [-0.4, -0.2) is 99.0 Å². The van der Waals surface area contributed by atoms with Gasteiger partial charge in [-0.15, -0.1) is 0 Å². The summed E-state index contributed by atoms with van der Waals surface area (Å²) in [6.07, 6.45) is 7.31. The van der Waals surface area contributed by atoms with E-state index in [0.717, 1.165) is 41.0 Å². The lowest BCUT2D eigenvalue weighted by molar-refractivity contribution is -0.139. The molecule has 74 heavy (non-hydrogen) atoms. The van der Waals surface area contributed by atoms with Gasteiger partial charge < -0.3 is 36.4 Å². The first kappa shape index (κ1) is 59.6. The number of ether oxygens (including phenoxy) is 1. The highest BCUT2D eigenvalue weighted by Gasteiger charge is 2.29. The van der Waals surface area contributed by atoms with Crippen molar-refractivity contribution in [3.63, 3.8) is 0 Å². The normalized spacial score (nSPS) is 11.5. The molecular formula is C55H73N7O11S. The summed E-state index contributed by atoms with van der Waals surface area (Å²) >= 11 is 0. The van der Waals surface area contributed by atoms with Gasteiger partial charge >= 0.3 is 5.97 Å². The number of hydrogen-bond donors (Lipinski definition) is 7. The van der Waals surface area contributed by atoms with Crippen molar-refractivity contribution in [1.82, 2.24) is 25.7 Å². The molecule has 0 aliphatic rings. The molecule has 4 rings (SSSR count). The maximum Gasteiger partial charge on any atom is 0.323 e. The molecule has 0 fully saturated rings. The van der Waals surface area contributed by atoms with Gasteiger partial charge in [0.1, 0.15) is 29.2 Å². The maximum absolute atomic E-state index is 13.6. The zero-order chi connectivity index (χ0) is 54.0. The van der Waals surface area contributed by atoms with Crippen molar-refractivity contribution in [1.29, 1.82) is 0 Å². The number of carboxylic acids is 1. The number of benzene rings is 3. The molecule has 0 aliphatic carbocycles. The number of aliphatic carboxylic acids is 1. The Labute approximate surface area is 435 Å². The van der Waals surface area contributed by atoms with Crippen LogP contribution in [-0.2, 0) is 58.1 Å². The number of aromatic nitrogens is 1. The van der Waals surface area contributed by atoms with Crippen LogP contribution in [0.5, 0.6) is 5.75 Å². The van der Waals surface area contributed by atoms with Gasteiger partial charge in [0.15, 0.2) is 0 Å². The van der Waals surface area contributed by atoms with E-state index in [9.17, 15) is 47.1 Å². The van der Waals surface area contributed by atoms with Crippen molar-refractivity contribution in [2.24, 2.45) is 0 Å². The number of Topliss-reactive ketones (excluding diaryl/α,β-unsaturated/α-hetero) is 2. The summed E-state index contributed by atoms with van der Waals surface area (Å²) in [5.41, 5.74) is 5.27. The molecule has 0 aliphatic heterocycles. The third-order valence-electron chi connectivity index (χ3n) is 11.9. The molecule has 0 unspecified atom stereocenters.